The van der Waals surface area contributed by atoms with E-state index in [2.05, 4.69) is 55.6 Å². The molecule has 0 saturated heterocycles. The molecule has 0 spiro atoms. The molecule has 3 nitrogen and oxygen atoms in total. The van der Waals surface area contributed by atoms with Gasteiger partial charge in [0.2, 0.25) is 0 Å². The minimum atomic E-state index is 0.299. The summed E-state index contributed by atoms with van der Waals surface area (Å²) in [4.78, 5) is 0. The summed E-state index contributed by atoms with van der Waals surface area (Å²) < 4.78 is 10.6. The van der Waals surface area contributed by atoms with E-state index in [4.69, 9.17) is 9.47 Å². The van der Waals surface area contributed by atoms with E-state index in [1.807, 2.05) is 12.1 Å². The molecule has 0 aliphatic carbocycles. The molecule has 1 atom stereocenters. The molecule has 1 N–H and O–H groups in total. The highest BCUT2D eigenvalue weighted by atomic mass is 16.5. The second kappa shape index (κ2) is 8.57. The number of hydrogen-bond donors (Lipinski definition) is 1. The van der Waals surface area contributed by atoms with Crippen molar-refractivity contribution in [1.82, 2.24) is 5.32 Å². The van der Waals surface area contributed by atoms with Gasteiger partial charge in [-0.05, 0) is 42.7 Å². The molecular weight excluding hydrogens is 274 g/mol. The van der Waals surface area contributed by atoms with E-state index in [0.29, 0.717) is 19.3 Å². The van der Waals surface area contributed by atoms with Crippen LogP contribution in [-0.2, 0) is 11.3 Å². The van der Waals surface area contributed by atoms with Gasteiger partial charge < -0.3 is 14.8 Å². The summed E-state index contributed by atoms with van der Waals surface area (Å²) in [5.41, 5.74) is 3.92. The summed E-state index contributed by atoms with van der Waals surface area (Å²) in [5, 5.41) is 3.57. The number of methoxy groups -OCH3 is 1. The van der Waals surface area contributed by atoms with Gasteiger partial charge >= 0.3 is 0 Å². The molecule has 0 aromatic heterocycles. The van der Waals surface area contributed by atoms with Gasteiger partial charge in [-0.3, -0.25) is 0 Å². The number of hydrogen-bond acceptors (Lipinski definition) is 3. The SMILES string of the molecule is COCCOc1ccc(C(C)NCc2ccccc2C)cc1. The molecule has 0 saturated carbocycles. The van der Waals surface area contributed by atoms with Crippen molar-refractivity contribution in [1.29, 1.82) is 0 Å². The van der Waals surface area contributed by atoms with Gasteiger partial charge in [0, 0.05) is 19.7 Å². The van der Waals surface area contributed by atoms with Crippen molar-refractivity contribution < 1.29 is 9.47 Å². The van der Waals surface area contributed by atoms with E-state index in [1.165, 1.54) is 16.7 Å². The Bertz CT molecular complexity index is 566. The van der Waals surface area contributed by atoms with Crippen LogP contribution in [0.3, 0.4) is 0 Å². The normalized spacial score (nSPS) is 12.1. The van der Waals surface area contributed by atoms with E-state index >= 15 is 0 Å². The minimum absolute atomic E-state index is 0.299. The topological polar surface area (TPSA) is 30.5 Å². The molecule has 0 radical (unpaired) electrons. The molecule has 0 bridgehead atoms. The number of ether oxygens (including phenoxy) is 2. The molecule has 0 heterocycles. The Morgan fingerprint density at radius 3 is 2.41 bits per heavy atom. The quantitative estimate of drug-likeness (QED) is 0.751. The van der Waals surface area contributed by atoms with Crippen LogP contribution in [-0.4, -0.2) is 20.3 Å². The van der Waals surface area contributed by atoms with Gasteiger partial charge in [-0.2, -0.15) is 0 Å². The summed E-state index contributed by atoms with van der Waals surface area (Å²) in [6.45, 7) is 6.39. The zero-order chi connectivity index (χ0) is 15.8. The fraction of sp³-hybridized carbons (Fsp3) is 0.368. The maximum Gasteiger partial charge on any atom is 0.119 e. The highest BCUT2D eigenvalue weighted by Crippen LogP contribution is 2.18. The number of nitrogens with one attached hydrogen (secondary N) is 1. The molecule has 0 amide bonds. The van der Waals surface area contributed by atoms with Crippen LogP contribution in [0.25, 0.3) is 0 Å². The van der Waals surface area contributed by atoms with Crippen molar-refractivity contribution in [3.63, 3.8) is 0 Å². The molecule has 0 aliphatic rings. The van der Waals surface area contributed by atoms with Gasteiger partial charge in [-0.25, -0.2) is 0 Å². The lowest BCUT2D eigenvalue weighted by molar-refractivity contribution is 0.146. The predicted molar refractivity (Wildman–Crippen MR) is 90.2 cm³/mol. The van der Waals surface area contributed by atoms with Crippen molar-refractivity contribution in [3.05, 3.63) is 65.2 Å². The summed E-state index contributed by atoms with van der Waals surface area (Å²) in [6, 6.07) is 17.0. The Morgan fingerprint density at radius 1 is 1.00 bits per heavy atom. The molecule has 3 heteroatoms. The number of rotatable bonds is 8. The maximum atomic E-state index is 5.58. The van der Waals surface area contributed by atoms with Crippen LogP contribution in [0.5, 0.6) is 5.75 Å². The minimum Gasteiger partial charge on any atom is -0.491 e. The molecule has 0 aliphatic heterocycles. The summed E-state index contributed by atoms with van der Waals surface area (Å²) in [6.07, 6.45) is 0. The molecule has 2 aromatic rings. The van der Waals surface area contributed by atoms with E-state index in [-0.39, 0.29) is 0 Å². The predicted octanol–water partition coefficient (Wildman–Crippen LogP) is 3.87. The first-order chi connectivity index (χ1) is 10.7. The van der Waals surface area contributed by atoms with E-state index in [9.17, 15) is 0 Å². The molecule has 22 heavy (non-hydrogen) atoms. The van der Waals surface area contributed by atoms with Gasteiger partial charge in [0.25, 0.3) is 0 Å². The summed E-state index contributed by atoms with van der Waals surface area (Å²) in [5.74, 6) is 0.881. The van der Waals surface area contributed by atoms with Crippen molar-refractivity contribution in [2.45, 2.75) is 26.4 Å². The Labute approximate surface area is 133 Å². The average Bonchev–Trinajstić information content (AvgIpc) is 2.55. The third-order valence-corrected chi connectivity index (χ3v) is 3.80. The van der Waals surface area contributed by atoms with Crippen LogP contribution in [0.2, 0.25) is 0 Å². The first-order valence-electron chi connectivity index (χ1n) is 7.70. The average molecular weight is 299 g/mol. The zero-order valence-electron chi connectivity index (χ0n) is 13.6. The largest absolute Gasteiger partial charge is 0.491 e. The van der Waals surface area contributed by atoms with Crippen molar-refractivity contribution in [2.24, 2.45) is 0 Å². The van der Waals surface area contributed by atoms with Crippen LogP contribution in [0.4, 0.5) is 0 Å². The Balaban J connectivity index is 1.87. The van der Waals surface area contributed by atoms with Gasteiger partial charge in [0.1, 0.15) is 12.4 Å². The van der Waals surface area contributed by atoms with Crippen molar-refractivity contribution in [2.75, 3.05) is 20.3 Å². The third kappa shape index (κ3) is 4.86. The lowest BCUT2D eigenvalue weighted by atomic mass is 10.1. The first-order valence-corrected chi connectivity index (χ1v) is 7.70. The fourth-order valence-electron chi connectivity index (χ4n) is 2.28. The van der Waals surface area contributed by atoms with Gasteiger partial charge in [0.05, 0.1) is 6.61 Å². The van der Waals surface area contributed by atoms with Gasteiger partial charge in [0.15, 0.2) is 0 Å². The van der Waals surface area contributed by atoms with Gasteiger partial charge in [-0.15, -0.1) is 0 Å². The monoisotopic (exact) mass is 299 g/mol. The summed E-state index contributed by atoms with van der Waals surface area (Å²) in [7, 11) is 1.67. The lowest BCUT2D eigenvalue weighted by Crippen LogP contribution is -2.18. The van der Waals surface area contributed by atoms with Crippen molar-refractivity contribution >= 4 is 0 Å². The molecule has 1 unspecified atom stereocenters. The zero-order valence-corrected chi connectivity index (χ0v) is 13.6. The maximum absolute atomic E-state index is 5.58. The highest BCUT2D eigenvalue weighted by molar-refractivity contribution is 5.29. The van der Waals surface area contributed by atoms with Crippen LogP contribution < -0.4 is 10.1 Å². The van der Waals surface area contributed by atoms with E-state index in [1.54, 1.807) is 7.11 Å². The molecule has 118 valence electrons. The summed E-state index contributed by atoms with van der Waals surface area (Å²) >= 11 is 0. The molecule has 2 rings (SSSR count). The Hall–Kier alpha value is -1.84. The first kappa shape index (κ1) is 16.5. The Morgan fingerprint density at radius 2 is 1.73 bits per heavy atom. The van der Waals surface area contributed by atoms with Gasteiger partial charge in [-0.1, -0.05) is 36.4 Å². The van der Waals surface area contributed by atoms with E-state index in [0.717, 1.165) is 12.3 Å². The Kier molecular flexibility index (Phi) is 6.44. The molecule has 2 aromatic carbocycles. The number of aryl methyl sites for hydroxylation is 1. The van der Waals surface area contributed by atoms with Crippen LogP contribution >= 0.6 is 0 Å². The highest BCUT2D eigenvalue weighted by Gasteiger charge is 2.06. The fourth-order valence-corrected chi connectivity index (χ4v) is 2.28. The smallest absolute Gasteiger partial charge is 0.119 e. The lowest BCUT2D eigenvalue weighted by Gasteiger charge is -2.16. The van der Waals surface area contributed by atoms with Crippen LogP contribution in [0.1, 0.15) is 29.7 Å². The molecular formula is C19H25NO2. The van der Waals surface area contributed by atoms with Crippen LogP contribution in [0, 0.1) is 6.92 Å². The second-order valence-corrected chi connectivity index (χ2v) is 5.44. The standard InChI is InChI=1S/C19H25NO2/c1-15-6-4-5-7-18(15)14-20-16(2)17-8-10-19(11-9-17)22-13-12-21-3/h4-11,16,20H,12-14H2,1-3H3. The van der Waals surface area contributed by atoms with E-state index < -0.39 is 0 Å². The second-order valence-electron chi connectivity index (χ2n) is 5.44. The van der Waals surface area contributed by atoms with Crippen LogP contribution in [0.15, 0.2) is 48.5 Å². The molecule has 0 fully saturated rings. The third-order valence-electron chi connectivity index (χ3n) is 3.80. The number of benzene rings is 2. The van der Waals surface area contributed by atoms with Crippen molar-refractivity contribution in [3.8, 4) is 5.75 Å².